The summed E-state index contributed by atoms with van der Waals surface area (Å²) in [6.07, 6.45) is 6.20. The minimum absolute atomic E-state index is 0.216. The van der Waals surface area contributed by atoms with Crippen LogP contribution in [0.3, 0.4) is 0 Å². The molecule has 14 heavy (non-hydrogen) atoms. The molecule has 1 saturated carbocycles. The number of hydrogen-bond donors (Lipinski definition) is 0. The van der Waals surface area contributed by atoms with E-state index in [1.807, 2.05) is 0 Å². The molecule has 0 amide bonds. The smallest absolute Gasteiger partial charge is 0.305 e. The highest BCUT2D eigenvalue weighted by Crippen LogP contribution is 2.25. The predicted molar refractivity (Wildman–Crippen MR) is 52.8 cm³/mol. The summed E-state index contributed by atoms with van der Waals surface area (Å²) in [5.41, 5.74) is 0. The maximum Gasteiger partial charge on any atom is 0.305 e. The Kier molecular flexibility index (Phi) is 4.63. The van der Waals surface area contributed by atoms with Gasteiger partial charge in [-0.1, -0.05) is 19.3 Å². The fraction of sp³-hybridized carbons (Fsp3) is 0.818. The van der Waals surface area contributed by atoms with E-state index in [4.69, 9.17) is 0 Å². The molecule has 3 nitrogen and oxygen atoms in total. The van der Waals surface area contributed by atoms with Gasteiger partial charge in [-0.3, -0.25) is 9.59 Å². The van der Waals surface area contributed by atoms with Crippen molar-refractivity contribution in [2.24, 2.45) is 5.92 Å². The number of carbonyl (C=O) groups is 2. The highest BCUT2D eigenvalue weighted by Gasteiger charge is 2.21. The molecular formula is C11H18O3. The van der Waals surface area contributed by atoms with Crippen molar-refractivity contribution in [3.8, 4) is 0 Å². The van der Waals surface area contributed by atoms with E-state index in [1.54, 1.807) is 0 Å². The molecule has 1 aliphatic rings. The Labute approximate surface area is 84.8 Å². The van der Waals surface area contributed by atoms with Crippen LogP contribution in [0, 0.1) is 5.92 Å². The van der Waals surface area contributed by atoms with Crippen LogP contribution in [0.5, 0.6) is 0 Å². The van der Waals surface area contributed by atoms with E-state index in [0.717, 1.165) is 25.7 Å². The van der Waals surface area contributed by atoms with E-state index in [0.29, 0.717) is 6.42 Å². The topological polar surface area (TPSA) is 43.4 Å². The van der Waals surface area contributed by atoms with Crippen LogP contribution in [-0.2, 0) is 14.3 Å². The summed E-state index contributed by atoms with van der Waals surface area (Å²) in [5.74, 6) is 0.178. The van der Waals surface area contributed by atoms with Gasteiger partial charge in [-0.05, 0) is 12.8 Å². The van der Waals surface area contributed by atoms with E-state index < -0.39 is 0 Å². The van der Waals surface area contributed by atoms with E-state index in [1.165, 1.54) is 13.5 Å². The minimum Gasteiger partial charge on any atom is -0.469 e. The van der Waals surface area contributed by atoms with Crippen molar-refractivity contribution in [1.29, 1.82) is 0 Å². The highest BCUT2D eigenvalue weighted by atomic mass is 16.5. The van der Waals surface area contributed by atoms with Gasteiger partial charge in [-0.15, -0.1) is 0 Å². The van der Waals surface area contributed by atoms with Crippen LogP contribution in [0.2, 0.25) is 0 Å². The second kappa shape index (κ2) is 5.78. The third-order valence-corrected chi connectivity index (χ3v) is 2.86. The Morgan fingerprint density at radius 1 is 1.14 bits per heavy atom. The predicted octanol–water partition coefficient (Wildman–Crippen LogP) is 2.09. The third-order valence-electron chi connectivity index (χ3n) is 2.86. The van der Waals surface area contributed by atoms with Crippen LogP contribution in [0.25, 0.3) is 0 Å². The van der Waals surface area contributed by atoms with Crippen molar-refractivity contribution < 1.29 is 14.3 Å². The first-order chi connectivity index (χ1) is 6.74. The third kappa shape index (κ3) is 3.48. The van der Waals surface area contributed by atoms with Gasteiger partial charge in [0.15, 0.2) is 0 Å². The van der Waals surface area contributed by atoms with Crippen molar-refractivity contribution >= 4 is 11.8 Å². The van der Waals surface area contributed by atoms with Crippen LogP contribution in [0.4, 0.5) is 0 Å². The summed E-state index contributed by atoms with van der Waals surface area (Å²) in [6, 6.07) is 0. The molecule has 0 aromatic carbocycles. The average molecular weight is 198 g/mol. The molecule has 1 aliphatic carbocycles. The molecule has 0 saturated heterocycles. The molecule has 0 aromatic heterocycles. The van der Waals surface area contributed by atoms with Gasteiger partial charge in [0.1, 0.15) is 5.78 Å². The number of carbonyl (C=O) groups excluding carboxylic acids is 2. The minimum atomic E-state index is -0.283. The molecule has 0 bridgehead atoms. The number of methoxy groups -OCH3 is 1. The van der Waals surface area contributed by atoms with Gasteiger partial charge in [0.05, 0.1) is 13.5 Å². The molecule has 0 spiro atoms. The number of hydrogen-bond acceptors (Lipinski definition) is 3. The molecule has 0 atom stereocenters. The summed E-state index contributed by atoms with van der Waals surface area (Å²) in [6.45, 7) is 0. The molecule has 1 rings (SSSR count). The largest absolute Gasteiger partial charge is 0.469 e. The lowest BCUT2D eigenvalue weighted by atomic mass is 9.85. The van der Waals surface area contributed by atoms with Gasteiger partial charge in [-0.25, -0.2) is 0 Å². The van der Waals surface area contributed by atoms with Crippen LogP contribution >= 0.6 is 0 Å². The van der Waals surface area contributed by atoms with Gasteiger partial charge < -0.3 is 4.74 Å². The monoisotopic (exact) mass is 198 g/mol. The highest BCUT2D eigenvalue weighted by molar-refractivity contribution is 5.84. The van der Waals surface area contributed by atoms with Gasteiger partial charge in [-0.2, -0.15) is 0 Å². The zero-order chi connectivity index (χ0) is 10.4. The van der Waals surface area contributed by atoms with Gasteiger partial charge in [0.25, 0.3) is 0 Å². The molecule has 80 valence electrons. The van der Waals surface area contributed by atoms with E-state index >= 15 is 0 Å². The number of Topliss-reactive ketones (excluding diaryl/α,β-unsaturated/α-hetero) is 1. The maximum absolute atomic E-state index is 11.6. The zero-order valence-corrected chi connectivity index (χ0v) is 8.75. The van der Waals surface area contributed by atoms with Gasteiger partial charge in [0, 0.05) is 12.3 Å². The normalized spacial score (nSPS) is 17.8. The second-order valence-corrected chi connectivity index (χ2v) is 3.88. The molecule has 0 radical (unpaired) electrons. The Morgan fingerprint density at radius 3 is 2.36 bits per heavy atom. The van der Waals surface area contributed by atoms with E-state index in [-0.39, 0.29) is 24.1 Å². The lowest BCUT2D eigenvalue weighted by Crippen LogP contribution is -2.18. The molecule has 3 heteroatoms. The Morgan fingerprint density at radius 2 is 1.79 bits per heavy atom. The summed E-state index contributed by atoms with van der Waals surface area (Å²) in [5, 5.41) is 0. The van der Waals surface area contributed by atoms with Crippen molar-refractivity contribution in [2.75, 3.05) is 7.11 Å². The van der Waals surface area contributed by atoms with Crippen LogP contribution in [0.15, 0.2) is 0 Å². The van der Waals surface area contributed by atoms with Crippen LogP contribution in [-0.4, -0.2) is 18.9 Å². The summed E-state index contributed by atoms with van der Waals surface area (Å²) in [4.78, 5) is 22.4. The van der Waals surface area contributed by atoms with Crippen molar-refractivity contribution in [3.63, 3.8) is 0 Å². The summed E-state index contributed by atoms with van der Waals surface area (Å²) >= 11 is 0. The molecular weight excluding hydrogens is 180 g/mol. The molecule has 1 fully saturated rings. The molecule has 0 unspecified atom stereocenters. The Hall–Kier alpha value is -0.860. The maximum atomic E-state index is 11.6. The first kappa shape index (κ1) is 11.2. The van der Waals surface area contributed by atoms with Crippen LogP contribution in [0.1, 0.15) is 44.9 Å². The van der Waals surface area contributed by atoms with Crippen molar-refractivity contribution in [2.45, 2.75) is 44.9 Å². The van der Waals surface area contributed by atoms with Gasteiger partial charge >= 0.3 is 5.97 Å². The van der Waals surface area contributed by atoms with E-state index in [9.17, 15) is 9.59 Å². The Balaban J connectivity index is 2.23. The summed E-state index contributed by atoms with van der Waals surface area (Å²) < 4.78 is 4.50. The van der Waals surface area contributed by atoms with E-state index in [2.05, 4.69) is 4.74 Å². The summed E-state index contributed by atoms with van der Waals surface area (Å²) in [7, 11) is 1.35. The van der Waals surface area contributed by atoms with Crippen molar-refractivity contribution in [3.05, 3.63) is 0 Å². The number of ether oxygens (including phenoxy) is 1. The molecule has 0 heterocycles. The number of esters is 1. The number of ketones is 1. The standard InChI is InChI=1S/C11H18O3/c1-14-11(13)8-7-10(12)9-5-3-2-4-6-9/h9H,2-8H2,1H3. The molecule has 0 N–H and O–H groups in total. The second-order valence-electron chi connectivity index (χ2n) is 3.88. The quantitative estimate of drug-likeness (QED) is 0.650. The lowest BCUT2D eigenvalue weighted by molar-refractivity contribution is -0.142. The molecule has 0 aromatic rings. The van der Waals surface area contributed by atoms with Crippen LogP contribution < -0.4 is 0 Å². The van der Waals surface area contributed by atoms with Crippen molar-refractivity contribution in [1.82, 2.24) is 0 Å². The van der Waals surface area contributed by atoms with Gasteiger partial charge in [0.2, 0.25) is 0 Å². The first-order valence-electron chi connectivity index (χ1n) is 5.33. The SMILES string of the molecule is COC(=O)CCC(=O)C1CCCCC1. The first-order valence-corrected chi connectivity index (χ1v) is 5.33. The average Bonchev–Trinajstić information content (AvgIpc) is 2.26. The fourth-order valence-electron chi connectivity index (χ4n) is 1.96. The fourth-order valence-corrected chi connectivity index (χ4v) is 1.96. The zero-order valence-electron chi connectivity index (χ0n) is 8.75. The molecule has 0 aliphatic heterocycles. The lowest BCUT2D eigenvalue weighted by Gasteiger charge is -2.19. The Bertz CT molecular complexity index is 205. The number of rotatable bonds is 4.